The van der Waals surface area contributed by atoms with Crippen molar-refractivity contribution in [1.82, 2.24) is 5.32 Å². The van der Waals surface area contributed by atoms with Gasteiger partial charge in [-0.1, -0.05) is 24.3 Å². The number of carbonyl (C=O) groups excluding carboxylic acids is 1. The van der Waals surface area contributed by atoms with Gasteiger partial charge in [-0.2, -0.15) is 0 Å². The molecule has 0 bridgehead atoms. The van der Waals surface area contributed by atoms with Crippen LogP contribution in [0.2, 0.25) is 0 Å². The molecule has 0 aliphatic rings. The van der Waals surface area contributed by atoms with Crippen LogP contribution >= 0.6 is 15.9 Å². The second kappa shape index (κ2) is 7.51. The summed E-state index contributed by atoms with van der Waals surface area (Å²) in [6, 6.07) is 12.2. The molecule has 0 fully saturated rings. The standard InChI is InChI=1S/C17H18BrFN2O/c1-21(2)11-13-5-3-12(4-6-13)10-20-17(22)15-8-7-14(19)9-16(15)18/h3-9H,10-11H2,1-2H3,(H,20,22)/p+1. The van der Waals surface area contributed by atoms with E-state index in [1.165, 1.54) is 28.7 Å². The first-order chi connectivity index (χ1) is 10.5. The van der Waals surface area contributed by atoms with E-state index in [9.17, 15) is 9.18 Å². The van der Waals surface area contributed by atoms with Crippen LogP contribution < -0.4 is 10.2 Å². The van der Waals surface area contributed by atoms with E-state index in [1.54, 1.807) is 0 Å². The molecule has 0 heterocycles. The highest BCUT2D eigenvalue weighted by Crippen LogP contribution is 2.18. The van der Waals surface area contributed by atoms with Gasteiger partial charge in [0.2, 0.25) is 0 Å². The van der Waals surface area contributed by atoms with Gasteiger partial charge in [-0.25, -0.2) is 4.39 Å². The van der Waals surface area contributed by atoms with Crippen molar-refractivity contribution in [3.63, 3.8) is 0 Å². The molecule has 0 unspecified atom stereocenters. The lowest BCUT2D eigenvalue weighted by Crippen LogP contribution is -3.04. The quantitative estimate of drug-likeness (QED) is 0.836. The van der Waals surface area contributed by atoms with E-state index in [4.69, 9.17) is 0 Å². The third-order valence-corrected chi connectivity index (χ3v) is 3.87. The lowest BCUT2D eigenvalue weighted by atomic mass is 10.1. The topological polar surface area (TPSA) is 33.5 Å². The molecule has 0 spiro atoms. The Bertz CT molecular complexity index is 656. The molecule has 5 heteroatoms. The van der Waals surface area contributed by atoms with Crippen molar-refractivity contribution in [2.45, 2.75) is 13.1 Å². The van der Waals surface area contributed by atoms with Crippen LogP contribution in [-0.4, -0.2) is 20.0 Å². The number of halogens is 2. The van der Waals surface area contributed by atoms with Crippen molar-refractivity contribution in [1.29, 1.82) is 0 Å². The first-order valence-electron chi connectivity index (χ1n) is 7.06. The molecular weight excluding hydrogens is 347 g/mol. The summed E-state index contributed by atoms with van der Waals surface area (Å²) in [4.78, 5) is 13.5. The minimum atomic E-state index is -0.373. The fraction of sp³-hybridized carbons (Fsp3) is 0.235. The summed E-state index contributed by atoms with van der Waals surface area (Å²) in [5, 5.41) is 2.84. The molecule has 0 aromatic heterocycles. The molecule has 0 radical (unpaired) electrons. The highest BCUT2D eigenvalue weighted by atomic mass is 79.9. The number of quaternary nitrogens is 1. The van der Waals surface area contributed by atoms with Crippen molar-refractivity contribution in [2.75, 3.05) is 14.1 Å². The Balaban J connectivity index is 1.96. The molecule has 0 aliphatic heterocycles. The Labute approximate surface area is 138 Å². The average Bonchev–Trinajstić information content (AvgIpc) is 2.45. The SMILES string of the molecule is C[NH+](C)Cc1ccc(CNC(=O)c2ccc(F)cc2Br)cc1. The van der Waals surface area contributed by atoms with Crippen molar-refractivity contribution in [3.8, 4) is 0 Å². The van der Waals surface area contributed by atoms with Crippen molar-refractivity contribution in [3.05, 3.63) is 69.4 Å². The normalized spacial score (nSPS) is 10.8. The summed E-state index contributed by atoms with van der Waals surface area (Å²) in [7, 11) is 4.21. The van der Waals surface area contributed by atoms with Gasteiger partial charge in [-0.15, -0.1) is 0 Å². The Morgan fingerprint density at radius 2 is 1.77 bits per heavy atom. The molecule has 2 aromatic rings. The van der Waals surface area contributed by atoms with E-state index < -0.39 is 0 Å². The highest BCUT2D eigenvalue weighted by Gasteiger charge is 2.10. The van der Waals surface area contributed by atoms with Gasteiger partial charge in [0.05, 0.1) is 19.7 Å². The lowest BCUT2D eigenvalue weighted by molar-refractivity contribution is -0.872. The molecule has 1 amide bonds. The highest BCUT2D eigenvalue weighted by molar-refractivity contribution is 9.10. The number of nitrogens with one attached hydrogen (secondary N) is 2. The zero-order valence-electron chi connectivity index (χ0n) is 12.6. The summed E-state index contributed by atoms with van der Waals surface area (Å²) in [5.74, 6) is -0.601. The van der Waals surface area contributed by atoms with Crippen molar-refractivity contribution >= 4 is 21.8 Å². The number of amides is 1. The number of benzene rings is 2. The molecule has 3 nitrogen and oxygen atoms in total. The smallest absolute Gasteiger partial charge is 0.252 e. The monoisotopic (exact) mass is 365 g/mol. The minimum absolute atomic E-state index is 0.228. The molecule has 22 heavy (non-hydrogen) atoms. The summed E-state index contributed by atoms with van der Waals surface area (Å²) in [6.45, 7) is 1.41. The van der Waals surface area contributed by atoms with Gasteiger partial charge in [-0.05, 0) is 39.7 Å². The van der Waals surface area contributed by atoms with Gasteiger partial charge in [-0.3, -0.25) is 4.79 Å². The van der Waals surface area contributed by atoms with Crippen LogP contribution in [0.3, 0.4) is 0 Å². The minimum Gasteiger partial charge on any atom is -0.348 e. The molecule has 0 saturated carbocycles. The molecule has 2 aromatic carbocycles. The van der Waals surface area contributed by atoms with Crippen molar-refractivity contribution in [2.24, 2.45) is 0 Å². The van der Waals surface area contributed by atoms with Crippen LogP contribution in [0.4, 0.5) is 4.39 Å². The third-order valence-electron chi connectivity index (χ3n) is 3.21. The number of hydrogen-bond acceptors (Lipinski definition) is 1. The van der Waals surface area contributed by atoms with Crippen LogP contribution in [0.15, 0.2) is 46.9 Å². The maximum absolute atomic E-state index is 13.0. The average molecular weight is 366 g/mol. The Morgan fingerprint density at radius 1 is 1.14 bits per heavy atom. The predicted octanol–water partition coefficient (Wildman–Crippen LogP) is 2.16. The van der Waals surface area contributed by atoms with Gasteiger partial charge < -0.3 is 10.2 Å². The molecule has 2 N–H and O–H groups in total. The third kappa shape index (κ3) is 4.64. The Morgan fingerprint density at radius 3 is 2.36 bits per heavy atom. The summed E-state index contributed by atoms with van der Waals surface area (Å²) in [5.41, 5.74) is 2.72. The van der Waals surface area contributed by atoms with Crippen molar-refractivity contribution < 1.29 is 14.1 Å². The van der Waals surface area contributed by atoms with Gasteiger partial charge in [0.1, 0.15) is 12.4 Å². The van der Waals surface area contributed by atoms with E-state index in [0.29, 0.717) is 16.6 Å². The van der Waals surface area contributed by atoms with Crippen LogP contribution in [0.25, 0.3) is 0 Å². The van der Waals surface area contributed by atoms with E-state index in [0.717, 1.165) is 12.1 Å². The zero-order valence-corrected chi connectivity index (χ0v) is 14.2. The van der Waals surface area contributed by atoms with Crippen LogP contribution in [0, 0.1) is 5.82 Å². The summed E-state index contributed by atoms with van der Waals surface area (Å²) >= 11 is 3.20. The van der Waals surface area contributed by atoms with E-state index in [-0.39, 0.29) is 11.7 Å². The number of rotatable bonds is 5. The molecular formula is C17H19BrFN2O+. The lowest BCUT2D eigenvalue weighted by Gasteiger charge is -2.09. The molecule has 0 atom stereocenters. The number of hydrogen-bond donors (Lipinski definition) is 2. The molecule has 0 aliphatic carbocycles. The molecule has 116 valence electrons. The fourth-order valence-corrected chi connectivity index (χ4v) is 2.67. The predicted molar refractivity (Wildman–Crippen MR) is 88.2 cm³/mol. The van der Waals surface area contributed by atoms with Gasteiger partial charge >= 0.3 is 0 Å². The summed E-state index contributed by atoms with van der Waals surface area (Å²) in [6.07, 6.45) is 0. The fourth-order valence-electron chi connectivity index (χ4n) is 2.13. The van der Waals surface area contributed by atoms with Gasteiger partial charge in [0.25, 0.3) is 5.91 Å². The molecule has 0 saturated heterocycles. The van der Waals surface area contributed by atoms with E-state index >= 15 is 0 Å². The first-order valence-corrected chi connectivity index (χ1v) is 7.85. The maximum Gasteiger partial charge on any atom is 0.252 e. The number of carbonyl (C=O) groups is 1. The molecule has 2 rings (SSSR count). The summed E-state index contributed by atoms with van der Waals surface area (Å²) < 4.78 is 13.5. The van der Waals surface area contributed by atoms with Gasteiger partial charge in [0.15, 0.2) is 0 Å². The van der Waals surface area contributed by atoms with Crippen LogP contribution in [0.1, 0.15) is 21.5 Å². The second-order valence-corrected chi connectivity index (χ2v) is 6.36. The van der Waals surface area contributed by atoms with E-state index in [2.05, 4.69) is 47.5 Å². The Hall–Kier alpha value is -1.72. The maximum atomic E-state index is 13.0. The van der Waals surface area contributed by atoms with E-state index in [1.807, 2.05) is 12.1 Å². The first kappa shape index (κ1) is 16.6. The largest absolute Gasteiger partial charge is 0.348 e. The van der Waals surface area contributed by atoms with Crippen LogP contribution in [-0.2, 0) is 13.1 Å². The zero-order chi connectivity index (χ0) is 16.1. The van der Waals surface area contributed by atoms with Crippen LogP contribution in [0.5, 0.6) is 0 Å². The Kier molecular flexibility index (Phi) is 5.69. The van der Waals surface area contributed by atoms with Gasteiger partial charge in [0, 0.05) is 16.6 Å². The second-order valence-electron chi connectivity index (χ2n) is 5.51.